The van der Waals surface area contributed by atoms with Crippen molar-refractivity contribution in [2.24, 2.45) is 4.99 Å². The standard InChI is InChI=1S/C19H15F3N2O3S/c1-2-13(17(26)27)24-14-5-3-4-6-15(14)28-18(24)23-16(25)11-7-9-12(10-8-11)19(20,21)22/h3-10,13H,2H2,1H3,(H,26,27)/b23-18-. The minimum atomic E-state index is -4.50. The van der Waals surface area contributed by atoms with Crippen molar-refractivity contribution < 1.29 is 27.9 Å². The van der Waals surface area contributed by atoms with Gasteiger partial charge in [-0.1, -0.05) is 30.4 Å². The average molecular weight is 408 g/mol. The highest BCUT2D eigenvalue weighted by Crippen LogP contribution is 2.29. The van der Waals surface area contributed by atoms with Gasteiger partial charge in [-0.2, -0.15) is 18.2 Å². The number of thiazole rings is 1. The highest BCUT2D eigenvalue weighted by Gasteiger charge is 2.30. The third-order valence-corrected chi connectivity index (χ3v) is 5.21. The number of carboxylic acids is 1. The maximum Gasteiger partial charge on any atom is 0.416 e. The fourth-order valence-electron chi connectivity index (χ4n) is 2.79. The Morgan fingerprint density at radius 1 is 1.14 bits per heavy atom. The van der Waals surface area contributed by atoms with Crippen LogP contribution in [0.4, 0.5) is 13.2 Å². The smallest absolute Gasteiger partial charge is 0.416 e. The van der Waals surface area contributed by atoms with Gasteiger partial charge in [0.05, 0.1) is 15.8 Å². The second-order valence-electron chi connectivity index (χ2n) is 5.98. The first-order valence-corrected chi connectivity index (χ1v) is 9.13. The number of halogens is 3. The van der Waals surface area contributed by atoms with E-state index in [1.807, 2.05) is 0 Å². The topological polar surface area (TPSA) is 71.7 Å². The van der Waals surface area contributed by atoms with Crippen LogP contribution in [0.15, 0.2) is 53.5 Å². The van der Waals surface area contributed by atoms with Gasteiger partial charge in [-0.15, -0.1) is 0 Å². The second kappa shape index (κ2) is 7.59. The van der Waals surface area contributed by atoms with Crippen molar-refractivity contribution in [3.63, 3.8) is 0 Å². The van der Waals surface area contributed by atoms with E-state index in [1.165, 1.54) is 4.57 Å². The Bertz CT molecular complexity index is 1100. The van der Waals surface area contributed by atoms with Gasteiger partial charge >= 0.3 is 12.1 Å². The molecular weight excluding hydrogens is 393 g/mol. The molecule has 1 heterocycles. The zero-order valence-electron chi connectivity index (χ0n) is 14.6. The van der Waals surface area contributed by atoms with E-state index < -0.39 is 29.7 Å². The van der Waals surface area contributed by atoms with Crippen LogP contribution >= 0.6 is 11.3 Å². The molecule has 1 N–H and O–H groups in total. The lowest BCUT2D eigenvalue weighted by atomic mass is 10.1. The molecule has 2 aromatic carbocycles. The van der Waals surface area contributed by atoms with E-state index in [0.717, 1.165) is 40.3 Å². The van der Waals surface area contributed by atoms with Crippen LogP contribution in [0.5, 0.6) is 0 Å². The van der Waals surface area contributed by atoms with Crippen LogP contribution < -0.4 is 4.80 Å². The lowest BCUT2D eigenvalue weighted by molar-refractivity contribution is -0.141. The molecule has 0 aliphatic heterocycles. The van der Waals surface area contributed by atoms with E-state index in [4.69, 9.17) is 0 Å². The fraction of sp³-hybridized carbons (Fsp3) is 0.211. The molecule has 1 aromatic heterocycles. The number of rotatable bonds is 4. The first kappa shape index (κ1) is 19.8. The molecule has 3 aromatic rings. The number of hydrogen-bond acceptors (Lipinski definition) is 3. The maximum atomic E-state index is 12.7. The Morgan fingerprint density at radius 3 is 2.36 bits per heavy atom. The normalized spacial score (nSPS) is 13.6. The van der Waals surface area contributed by atoms with E-state index >= 15 is 0 Å². The number of aliphatic carboxylic acids is 1. The van der Waals surface area contributed by atoms with Crippen molar-refractivity contribution in [3.05, 3.63) is 64.5 Å². The second-order valence-corrected chi connectivity index (χ2v) is 6.99. The summed E-state index contributed by atoms with van der Waals surface area (Å²) in [5, 5.41) is 9.54. The quantitative estimate of drug-likeness (QED) is 0.691. The van der Waals surface area contributed by atoms with Crippen molar-refractivity contribution in [2.45, 2.75) is 25.6 Å². The minimum Gasteiger partial charge on any atom is -0.480 e. The maximum absolute atomic E-state index is 12.7. The molecule has 5 nitrogen and oxygen atoms in total. The number of aromatic nitrogens is 1. The molecule has 3 rings (SSSR count). The summed E-state index contributed by atoms with van der Waals surface area (Å²) in [4.78, 5) is 28.3. The number of carbonyl (C=O) groups excluding carboxylic acids is 1. The number of fused-ring (bicyclic) bond motifs is 1. The molecule has 0 saturated heterocycles. The highest BCUT2D eigenvalue weighted by atomic mass is 32.1. The number of alkyl halides is 3. The zero-order chi connectivity index (χ0) is 20.5. The van der Waals surface area contributed by atoms with Gasteiger partial charge in [0, 0.05) is 5.56 Å². The predicted molar refractivity (Wildman–Crippen MR) is 98.1 cm³/mol. The Kier molecular flexibility index (Phi) is 5.37. The highest BCUT2D eigenvalue weighted by molar-refractivity contribution is 7.16. The van der Waals surface area contributed by atoms with Crippen LogP contribution in [0.1, 0.15) is 35.3 Å². The minimum absolute atomic E-state index is 0.0135. The number of carboxylic acid groups (broad SMARTS) is 1. The molecule has 0 spiro atoms. The van der Waals surface area contributed by atoms with Gasteiger partial charge in [0.2, 0.25) is 0 Å². The van der Waals surface area contributed by atoms with Crippen molar-refractivity contribution in [3.8, 4) is 0 Å². The van der Waals surface area contributed by atoms with Crippen molar-refractivity contribution in [1.29, 1.82) is 0 Å². The number of nitrogens with zero attached hydrogens (tertiary/aromatic N) is 2. The van der Waals surface area contributed by atoms with Crippen LogP contribution in [0.2, 0.25) is 0 Å². The summed E-state index contributed by atoms with van der Waals surface area (Å²) in [5.41, 5.74) is -0.251. The van der Waals surface area contributed by atoms with Gasteiger partial charge in [-0.3, -0.25) is 4.79 Å². The summed E-state index contributed by atoms with van der Waals surface area (Å²) in [6.45, 7) is 1.71. The van der Waals surface area contributed by atoms with E-state index in [1.54, 1.807) is 31.2 Å². The summed E-state index contributed by atoms with van der Waals surface area (Å²) in [6.07, 6.45) is -4.22. The van der Waals surface area contributed by atoms with E-state index in [-0.39, 0.29) is 16.8 Å². The third-order valence-electron chi connectivity index (χ3n) is 4.17. The molecule has 1 atom stereocenters. The number of para-hydroxylation sites is 1. The van der Waals surface area contributed by atoms with Gasteiger partial charge < -0.3 is 9.67 Å². The monoisotopic (exact) mass is 408 g/mol. The molecule has 0 saturated carbocycles. The SMILES string of the molecule is CCC(C(=O)O)n1/c(=N/C(=O)c2ccc(C(F)(F)F)cc2)sc2ccccc21. The van der Waals surface area contributed by atoms with E-state index in [2.05, 4.69) is 4.99 Å². The molecule has 146 valence electrons. The largest absolute Gasteiger partial charge is 0.480 e. The third kappa shape index (κ3) is 3.84. The molecule has 0 radical (unpaired) electrons. The van der Waals surface area contributed by atoms with Gasteiger partial charge in [0.15, 0.2) is 4.80 Å². The van der Waals surface area contributed by atoms with Crippen LogP contribution in [0.25, 0.3) is 10.2 Å². The van der Waals surface area contributed by atoms with Gasteiger partial charge in [-0.05, 0) is 42.8 Å². The Hall–Kier alpha value is -2.94. The molecule has 9 heteroatoms. The van der Waals surface area contributed by atoms with E-state index in [0.29, 0.717) is 5.52 Å². The van der Waals surface area contributed by atoms with Gasteiger partial charge in [-0.25, -0.2) is 4.79 Å². The first-order valence-electron chi connectivity index (χ1n) is 8.31. The van der Waals surface area contributed by atoms with Crippen LogP contribution in [-0.4, -0.2) is 21.6 Å². The van der Waals surface area contributed by atoms with Crippen molar-refractivity contribution in [2.75, 3.05) is 0 Å². The number of hydrogen-bond donors (Lipinski definition) is 1. The molecule has 0 fully saturated rings. The van der Waals surface area contributed by atoms with Crippen molar-refractivity contribution >= 4 is 33.4 Å². The van der Waals surface area contributed by atoms with Crippen LogP contribution in [0, 0.1) is 0 Å². The molecule has 0 aliphatic carbocycles. The summed E-state index contributed by atoms with van der Waals surface area (Å²) in [6, 6.07) is 9.87. The zero-order valence-corrected chi connectivity index (χ0v) is 15.4. The predicted octanol–water partition coefficient (Wildman–Crippen LogP) is 4.50. The lowest BCUT2D eigenvalue weighted by Gasteiger charge is -2.13. The molecular formula is C19H15F3N2O3S. The Labute approximate surface area is 161 Å². The van der Waals surface area contributed by atoms with Gasteiger partial charge in [0.25, 0.3) is 5.91 Å². The van der Waals surface area contributed by atoms with E-state index in [9.17, 15) is 27.9 Å². The Morgan fingerprint density at radius 2 is 1.79 bits per heavy atom. The average Bonchev–Trinajstić information content (AvgIpc) is 2.99. The number of carbonyl (C=O) groups is 2. The lowest BCUT2D eigenvalue weighted by Crippen LogP contribution is -2.27. The fourth-order valence-corrected chi connectivity index (χ4v) is 3.86. The molecule has 1 amide bonds. The Balaban J connectivity index is 2.11. The molecule has 0 aliphatic rings. The van der Waals surface area contributed by atoms with Crippen LogP contribution in [0.3, 0.4) is 0 Å². The van der Waals surface area contributed by atoms with Gasteiger partial charge in [0.1, 0.15) is 6.04 Å². The number of amides is 1. The molecule has 0 bridgehead atoms. The summed E-state index contributed by atoms with van der Waals surface area (Å²) >= 11 is 1.15. The number of benzene rings is 2. The first-order chi connectivity index (χ1) is 13.2. The summed E-state index contributed by atoms with van der Waals surface area (Å²) in [7, 11) is 0. The summed E-state index contributed by atoms with van der Waals surface area (Å²) in [5.74, 6) is -1.80. The molecule has 1 unspecified atom stereocenters. The molecule has 28 heavy (non-hydrogen) atoms. The van der Waals surface area contributed by atoms with Crippen LogP contribution in [-0.2, 0) is 11.0 Å². The summed E-state index contributed by atoms with van der Waals surface area (Å²) < 4.78 is 40.3. The van der Waals surface area contributed by atoms with Crippen molar-refractivity contribution in [1.82, 2.24) is 4.57 Å².